The Balaban J connectivity index is 0.00000128. The predicted octanol–water partition coefficient (Wildman–Crippen LogP) is 2.38. The zero-order valence-electron chi connectivity index (χ0n) is 8.40. The fourth-order valence-electron chi connectivity index (χ4n) is 1.74. The van der Waals surface area contributed by atoms with Crippen LogP contribution in [0.5, 0.6) is 0 Å². The van der Waals surface area contributed by atoms with Crippen LogP contribution in [0.15, 0.2) is 16.6 Å². The van der Waals surface area contributed by atoms with E-state index in [1.54, 1.807) is 0 Å². The summed E-state index contributed by atoms with van der Waals surface area (Å²) >= 11 is 3.06. The van der Waals surface area contributed by atoms with Crippen molar-refractivity contribution in [2.24, 2.45) is 0 Å². The topological polar surface area (TPSA) is 24.1 Å². The van der Waals surface area contributed by atoms with Gasteiger partial charge in [0, 0.05) is 29.7 Å². The summed E-state index contributed by atoms with van der Waals surface area (Å²) in [7, 11) is 0. The molecule has 0 aliphatic carbocycles. The summed E-state index contributed by atoms with van der Waals surface area (Å²) in [5, 5.41) is 6.17. The molecule has 1 atom stereocenters. The fraction of sp³-hybridized carbons (Fsp3) is 0.400. The Labute approximate surface area is 107 Å². The molecule has 6 heteroatoms. The van der Waals surface area contributed by atoms with Crippen molar-refractivity contribution in [3.63, 3.8) is 0 Å². The van der Waals surface area contributed by atoms with E-state index >= 15 is 0 Å². The molecule has 1 aliphatic rings. The summed E-state index contributed by atoms with van der Waals surface area (Å²) in [4.78, 5) is 0. The standard InChI is InChI=1S/C10H11BrF2N2.ClH/c11-6-3-7(12)10(8(13)4-6)9-5-14-1-2-15-9;/h3-4,9,14-15H,1-2,5H2;1H/t9-;/m1./s1. The van der Waals surface area contributed by atoms with Gasteiger partial charge in [0.2, 0.25) is 0 Å². The van der Waals surface area contributed by atoms with Crippen molar-refractivity contribution in [1.29, 1.82) is 0 Å². The Hall–Kier alpha value is -0.230. The van der Waals surface area contributed by atoms with Gasteiger partial charge in [0.1, 0.15) is 11.6 Å². The first kappa shape index (κ1) is 13.8. The molecule has 1 aromatic rings. The van der Waals surface area contributed by atoms with Crippen LogP contribution in [0.3, 0.4) is 0 Å². The van der Waals surface area contributed by atoms with Gasteiger partial charge < -0.3 is 10.6 Å². The van der Waals surface area contributed by atoms with E-state index in [1.807, 2.05) is 0 Å². The SMILES string of the molecule is Cl.Fc1cc(Br)cc(F)c1[C@H]1CNCCN1. The molecule has 2 N–H and O–H groups in total. The Kier molecular flexibility index (Phi) is 5.11. The molecule has 2 rings (SSSR count). The quantitative estimate of drug-likeness (QED) is 0.832. The lowest BCUT2D eigenvalue weighted by Gasteiger charge is -2.25. The Morgan fingerprint density at radius 3 is 2.31 bits per heavy atom. The third kappa shape index (κ3) is 2.91. The van der Waals surface area contributed by atoms with Gasteiger partial charge >= 0.3 is 0 Å². The van der Waals surface area contributed by atoms with Gasteiger partial charge in [-0.1, -0.05) is 15.9 Å². The van der Waals surface area contributed by atoms with Crippen LogP contribution in [0.2, 0.25) is 0 Å². The van der Waals surface area contributed by atoms with Crippen LogP contribution in [-0.4, -0.2) is 19.6 Å². The fourth-order valence-corrected chi connectivity index (χ4v) is 2.15. The molecule has 1 saturated heterocycles. The highest BCUT2D eigenvalue weighted by Crippen LogP contribution is 2.25. The van der Waals surface area contributed by atoms with E-state index in [9.17, 15) is 8.78 Å². The Morgan fingerprint density at radius 2 is 1.81 bits per heavy atom. The van der Waals surface area contributed by atoms with E-state index in [0.29, 0.717) is 11.0 Å². The predicted molar refractivity (Wildman–Crippen MR) is 64.9 cm³/mol. The second-order valence-electron chi connectivity index (χ2n) is 3.49. The molecule has 90 valence electrons. The molecular weight excluding hydrogens is 301 g/mol. The first-order valence-corrected chi connectivity index (χ1v) is 5.56. The summed E-state index contributed by atoms with van der Waals surface area (Å²) in [6.45, 7) is 2.10. The first-order chi connectivity index (χ1) is 7.18. The highest BCUT2D eigenvalue weighted by atomic mass is 79.9. The number of hydrogen-bond donors (Lipinski definition) is 2. The largest absolute Gasteiger partial charge is 0.314 e. The Bertz CT molecular complexity index is 347. The van der Waals surface area contributed by atoms with Crippen LogP contribution in [0.4, 0.5) is 8.78 Å². The van der Waals surface area contributed by atoms with Gasteiger partial charge in [-0.15, -0.1) is 12.4 Å². The third-order valence-electron chi connectivity index (χ3n) is 2.43. The molecule has 2 nitrogen and oxygen atoms in total. The molecule has 1 aliphatic heterocycles. The van der Waals surface area contributed by atoms with Crippen LogP contribution in [0, 0.1) is 11.6 Å². The number of piperazine rings is 1. The maximum absolute atomic E-state index is 13.6. The molecule has 16 heavy (non-hydrogen) atoms. The van der Waals surface area contributed by atoms with Gasteiger partial charge in [0.15, 0.2) is 0 Å². The average molecular weight is 314 g/mol. The van der Waals surface area contributed by atoms with Crippen molar-refractivity contribution < 1.29 is 8.78 Å². The van der Waals surface area contributed by atoms with E-state index in [2.05, 4.69) is 26.6 Å². The number of nitrogens with one attached hydrogen (secondary N) is 2. The normalized spacial score (nSPS) is 20.3. The van der Waals surface area contributed by atoms with Gasteiger partial charge in [-0.25, -0.2) is 8.78 Å². The lowest BCUT2D eigenvalue weighted by atomic mass is 10.0. The highest BCUT2D eigenvalue weighted by Gasteiger charge is 2.22. The van der Waals surface area contributed by atoms with Crippen molar-refractivity contribution in [3.05, 3.63) is 33.8 Å². The van der Waals surface area contributed by atoms with Crippen LogP contribution in [-0.2, 0) is 0 Å². The highest BCUT2D eigenvalue weighted by molar-refractivity contribution is 9.10. The molecule has 0 amide bonds. The van der Waals surface area contributed by atoms with Gasteiger partial charge in [0.25, 0.3) is 0 Å². The summed E-state index contributed by atoms with van der Waals surface area (Å²) < 4.78 is 27.5. The summed E-state index contributed by atoms with van der Waals surface area (Å²) in [6, 6.07) is 2.29. The van der Waals surface area contributed by atoms with Gasteiger partial charge in [-0.05, 0) is 12.1 Å². The molecule has 0 aromatic heterocycles. The number of halogens is 4. The van der Waals surface area contributed by atoms with E-state index in [4.69, 9.17) is 0 Å². The first-order valence-electron chi connectivity index (χ1n) is 4.77. The van der Waals surface area contributed by atoms with E-state index in [1.165, 1.54) is 12.1 Å². The van der Waals surface area contributed by atoms with Crippen LogP contribution >= 0.6 is 28.3 Å². The lowest BCUT2D eigenvalue weighted by molar-refractivity contribution is 0.400. The van der Waals surface area contributed by atoms with Crippen molar-refractivity contribution in [2.45, 2.75) is 6.04 Å². The summed E-state index contributed by atoms with van der Waals surface area (Å²) in [6.07, 6.45) is 0. The third-order valence-corrected chi connectivity index (χ3v) is 2.89. The Morgan fingerprint density at radius 1 is 1.19 bits per heavy atom. The van der Waals surface area contributed by atoms with Crippen molar-refractivity contribution in [3.8, 4) is 0 Å². The zero-order chi connectivity index (χ0) is 10.8. The second-order valence-corrected chi connectivity index (χ2v) is 4.41. The van der Waals surface area contributed by atoms with Crippen molar-refractivity contribution >= 4 is 28.3 Å². The van der Waals surface area contributed by atoms with E-state index in [-0.39, 0.29) is 24.0 Å². The van der Waals surface area contributed by atoms with Gasteiger partial charge in [0.05, 0.1) is 6.04 Å². The molecule has 0 spiro atoms. The smallest absolute Gasteiger partial charge is 0.132 e. The minimum Gasteiger partial charge on any atom is -0.314 e. The number of rotatable bonds is 1. The van der Waals surface area contributed by atoms with Crippen LogP contribution in [0.25, 0.3) is 0 Å². The van der Waals surface area contributed by atoms with Crippen LogP contribution < -0.4 is 10.6 Å². The molecular formula is C10H12BrClF2N2. The summed E-state index contributed by atoms with van der Waals surface area (Å²) in [5.41, 5.74) is 0.116. The van der Waals surface area contributed by atoms with E-state index < -0.39 is 11.6 Å². The minimum atomic E-state index is -0.511. The maximum atomic E-state index is 13.6. The maximum Gasteiger partial charge on any atom is 0.132 e. The molecule has 1 fully saturated rings. The molecule has 0 radical (unpaired) electrons. The number of benzene rings is 1. The number of hydrogen-bond acceptors (Lipinski definition) is 2. The van der Waals surface area contributed by atoms with Gasteiger partial charge in [-0.2, -0.15) is 0 Å². The molecule has 1 aromatic carbocycles. The molecule has 0 bridgehead atoms. The zero-order valence-corrected chi connectivity index (χ0v) is 10.8. The van der Waals surface area contributed by atoms with Crippen molar-refractivity contribution in [1.82, 2.24) is 10.6 Å². The van der Waals surface area contributed by atoms with Crippen LogP contribution in [0.1, 0.15) is 11.6 Å². The molecule has 0 unspecified atom stereocenters. The average Bonchev–Trinajstić information content (AvgIpc) is 2.17. The lowest BCUT2D eigenvalue weighted by Crippen LogP contribution is -2.43. The van der Waals surface area contributed by atoms with Gasteiger partial charge in [-0.3, -0.25) is 0 Å². The monoisotopic (exact) mass is 312 g/mol. The second kappa shape index (κ2) is 5.91. The minimum absolute atomic E-state index is 0. The van der Waals surface area contributed by atoms with E-state index in [0.717, 1.165) is 13.1 Å². The molecule has 0 saturated carbocycles. The van der Waals surface area contributed by atoms with Crippen molar-refractivity contribution in [2.75, 3.05) is 19.6 Å². The molecule has 1 heterocycles. The summed E-state index contributed by atoms with van der Waals surface area (Å²) in [5.74, 6) is -1.02.